The van der Waals surface area contributed by atoms with Gasteiger partial charge in [-0.15, -0.1) is 0 Å². The summed E-state index contributed by atoms with van der Waals surface area (Å²) in [7, 11) is 1.56. The van der Waals surface area contributed by atoms with E-state index in [9.17, 15) is 9.59 Å². The van der Waals surface area contributed by atoms with Gasteiger partial charge in [0, 0.05) is 24.5 Å². The number of rotatable bonds is 6. The van der Waals surface area contributed by atoms with Crippen molar-refractivity contribution in [2.75, 3.05) is 13.7 Å². The highest BCUT2D eigenvalue weighted by molar-refractivity contribution is 6.19. The number of benzene rings is 3. The number of fused-ring (bicyclic) bond motifs is 3. The van der Waals surface area contributed by atoms with Crippen LogP contribution in [-0.2, 0) is 11.3 Å². The third-order valence-corrected chi connectivity index (χ3v) is 4.96. The molecule has 2 amide bonds. The lowest BCUT2D eigenvalue weighted by Gasteiger charge is -2.09. The topological polar surface area (TPSA) is 86.3 Å². The van der Waals surface area contributed by atoms with E-state index in [1.54, 1.807) is 19.2 Å². The lowest BCUT2D eigenvalue weighted by Crippen LogP contribution is -2.24. The lowest BCUT2D eigenvalue weighted by molar-refractivity contribution is -0.122. The zero-order chi connectivity index (χ0) is 20.4. The number of nitrogens with one attached hydrogen (secondary N) is 1. The van der Waals surface area contributed by atoms with E-state index in [2.05, 4.69) is 22.0 Å². The predicted molar refractivity (Wildman–Crippen MR) is 113 cm³/mol. The molecule has 0 bridgehead atoms. The minimum Gasteiger partial charge on any atom is -0.483 e. The highest BCUT2D eigenvalue weighted by atomic mass is 16.5. The summed E-state index contributed by atoms with van der Waals surface area (Å²) < 4.78 is 7.94. The van der Waals surface area contributed by atoms with Crippen LogP contribution < -0.4 is 15.8 Å². The van der Waals surface area contributed by atoms with E-state index in [0.29, 0.717) is 17.9 Å². The number of amides is 2. The minimum atomic E-state index is -0.504. The zero-order valence-electron chi connectivity index (χ0n) is 16.0. The summed E-state index contributed by atoms with van der Waals surface area (Å²) in [6.45, 7) is 0.516. The van der Waals surface area contributed by atoms with Gasteiger partial charge in [-0.3, -0.25) is 9.59 Å². The van der Waals surface area contributed by atoms with E-state index in [4.69, 9.17) is 10.5 Å². The van der Waals surface area contributed by atoms with Crippen molar-refractivity contribution in [1.82, 2.24) is 9.88 Å². The van der Waals surface area contributed by atoms with Crippen molar-refractivity contribution in [3.8, 4) is 5.75 Å². The molecule has 0 saturated heterocycles. The van der Waals surface area contributed by atoms with Crippen LogP contribution in [0.1, 0.15) is 15.9 Å². The summed E-state index contributed by atoms with van der Waals surface area (Å²) in [6, 6.07) is 21.3. The van der Waals surface area contributed by atoms with E-state index in [0.717, 1.165) is 27.4 Å². The number of nitrogens with zero attached hydrogens (tertiary/aromatic N) is 1. The third-order valence-electron chi connectivity index (χ3n) is 4.96. The molecule has 6 nitrogen and oxygen atoms in total. The Labute approximate surface area is 167 Å². The summed E-state index contributed by atoms with van der Waals surface area (Å²) in [5.74, 6) is -0.197. The molecule has 0 aliphatic heterocycles. The van der Waals surface area contributed by atoms with Gasteiger partial charge in [-0.1, -0.05) is 42.5 Å². The molecule has 0 unspecified atom stereocenters. The second-order valence-electron chi connectivity index (χ2n) is 6.75. The van der Waals surface area contributed by atoms with Crippen molar-refractivity contribution in [3.05, 3.63) is 77.9 Å². The van der Waals surface area contributed by atoms with Gasteiger partial charge >= 0.3 is 0 Å². The first-order valence-corrected chi connectivity index (χ1v) is 9.31. The molecule has 146 valence electrons. The van der Waals surface area contributed by atoms with Crippen LogP contribution in [0.3, 0.4) is 0 Å². The van der Waals surface area contributed by atoms with Crippen LogP contribution in [0.15, 0.2) is 66.7 Å². The van der Waals surface area contributed by atoms with Gasteiger partial charge in [0.1, 0.15) is 5.75 Å². The Kier molecular flexibility index (Phi) is 4.91. The lowest BCUT2D eigenvalue weighted by atomic mass is 10.1. The molecule has 0 fully saturated rings. The number of nitrogens with two attached hydrogens (primary N) is 1. The highest BCUT2D eigenvalue weighted by Crippen LogP contribution is 2.38. The molecule has 0 spiro atoms. The van der Waals surface area contributed by atoms with Crippen LogP contribution in [0.5, 0.6) is 5.75 Å². The maximum Gasteiger partial charge on any atom is 0.257 e. The predicted octanol–water partition coefficient (Wildman–Crippen LogP) is 3.07. The SMILES string of the molecule is CNC(=O)COc1cccc2c1c1c(C(N)=O)cccc1n2Cc1ccccc1. The fourth-order valence-electron chi connectivity index (χ4n) is 3.63. The van der Waals surface area contributed by atoms with Gasteiger partial charge in [0.2, 0.25) is 5.91 Å². The Morgan fingerprint density at radius 2 is 1.62 bits per heavy atom. The van der Waals surface area contributed by atoms with Crippen LogP contribution in [0, 0.1) is 0 Å². The van der Waals surface area contributed by atoms with Gasteiger partial charge in [-0.2, -0.15) is 0 Å². The molecule has 3 N–H and O–H groups in total. The number of ether oxygens (including phenoxy) is 1. The maximum atomic E-state index is 12.2. The third kappa shape index (κ3) is 3.40. The fourth-order valence-corrected chi connectivity index (χ4v) is 3.63. The van der Waals surface area contributed by atoms with Crippen LogP contribution in [0.25, 0.3) is 21.8 Å². The fraction of sp³-hybridized carbons (Fsp3) is 0.130. The van der Waals surface area contributed by atoms with Gasteiger partial charge in [-0.25, -0.2) is 0 Å². The van der Waals surface area contributed by atoms with Crippen molar-refractivity contribution in [3.63, 3.8) is 0 Å². The van der Waals surface area contributed by atoms with Crippen LogP contribution >= 0.6 is 0 Å². The minimum absolute atomic E-state index is 0.111. The normalized spacial score (nSPS) is 10.9. The molecular formula is C23H21N3O3. The van der Waals surface area contributed by atoms with E-state index < -0.39 is 5.91 Å². The first kappa shape index (κ1) is 18.6. The van der Waals surface area contributed by atoms with E-state index >= 15 is 0 Å². The first-order chi connectivity index (χ1) is 14.1. The molecule has 0 radical (unpaired) electrons. The van der Waals surface area contributed by atoms with Gasteiger partial charge in [0.15, 0.2) is 6.61 Å². The summed E-state index contributed by atoms with van der Waals surface area (Å²) in [5.41, 5.74) is 9.03. The van der Waals surface area contributed by atoms with Crippen molar-refractivity contribution in [2.24, 2.45) is 5.73 Å². The average Bonchev–Trinajstić information content (AvgIpc) is 3.07. The molecule has 0 aliphatic carbocycles. The molecular weight excluding hydrogens is 366 g/mol. The zero-order valence-corrected chi connectivity index (χ0v) is 16.0. The number of likely N-dealkylation sites (N-methyl/N-ethyl adjacent to an activating group) is 1. The molecule has 4 rings (SSSR count). The van der Waals surface area contributed by atoms with Crippen molar-refractivity contribution < 1.29 is 14.3 Å². The van der Waals surface area contributed by atoms with Gasteiger partial charge in [0.05, 0.1) is 16.4 Å². The van der Waals surface area contributed by atoms with Crippen LogP contribution in [-0.4, -0.2) is 30.0 Å². The van der Waals surface area contributed by atoms with E-state index in [1.165, 1.54) is 0 Å². The Morgan fingerprint density at radius 1 is 0.931 bits per heavy atom. The van der Waals surface area contributed by atoms with Crippen molar-refractivity contribution in [2.45, 2.75) is 6.54 Å². The molecule has 29 heavy (non-hydrogen) atoms. The van der Waals surface area contributed by atoms with E-state index in [1.807, 2.05) is 42.5 Å². The summed E-state index contributed by atoms with van der Waals surface area (Å²) in [6.07, 6.45) is 0. The Morgan fingerprint density at radius 3 is 2.31 bits per heavy atom. The number of aromatic nitrogens is 1. The largest absolute Gasteiger partial charge is 0.483 e. The molecule has 3 aromatic carbocycles. The highest BCUT2D eigenvalue weighted by Gasteiger charge is 2.20. The summed E-state index contributed by atoms with van der Waals surface area (Å²) in [5, 5.41) is 4.05. The second kappa shape index (κ2) is 7.67. The maximum absolute atomic E-state index is 12.2. The second-order valence-corrected chi connectivity index (χ2v) is 6.75. The number of carbonyl (C=O) groups is 2. The standard InChI is InChI=1S/C23H21N3O3/c1-25-20(27)14-29-19-12-6-11-18-22(19)21-16(23(24)28)9-5-10-17(21)26(18)13-15-7-3-2-4-8-15/h2-12H,13-14H2,1H3,(H2,24,28)(H,25,27). The molecule has 1 aromatic heterocycles. The Hall–Kier alpha value is -3.80. The molecule has 4 aromatic rings. The molecule has 6 heteroatoms. The molecule has 0 aliphatic rings. The number of hydrogen-bond acceptors (Lipinski definition) is 3. The molecule has 0 saturated carbocycles. The monoisotopic (exact) mass is 387 g/mol. The van der Waals surface area contributed by atoms with E-state index in [-0.39, 0.29) is 12.5 Å². The summed E-state index contributed by atoms with van der Waals surface area (Å²) in [4.78, 5) is 23.8. The number of hydrogen-bond donors (Lipinski definition) is 2. The van der Waals surface area contributed by atoms with Gasteiger partial charge in [0.25, 0.3) is 5.91 Å². The molecule has 1 heterocycles. The first-order valence-electron chi connectivity index (χ1n) is 9.31. The summed E-state index contributed by atoms with van der Waals surface area (Å²) >= 11 is 0. The quantitative estimate of drug-likeness (QED) is 0.533. The molecule has 0 atom stereocenters. The van der Waals surface area contributed by atoms with Gasteiger partial charge < -0.3 is 20.4 Å². The smallest absolute Gasteiger partial charge is 0.257 e. The van der Waals surface area contributed by atoms with Gasteiger partial charge in [-0.05, 0) is 29.8 Å². The Bertz CT molecular complexity index is 1210. The van der Waals surface area contributed by atoms with Crippen molar-refractivity contribution >= 4 is 33.6 Å². The van der Waals surface area contributed by atoms with Crippen LogP contribution in [0.2, 0.25) is 0 Å². The van der Waals surface area contributed by atoms with Crippen LogP contribution in [0.4, 0.5) is 0 Å². The van der Waals surface area contributed by atoms with Crippen molar-refractivity contribution in [1.29, 1.82) is 0 Å². The average molecular weight is 387 g/mol. The Balaban J connectivity index is 1.98. The number of carbonyl (C=O) groups excluding carboxylic acids is 2. The number of primary amides is 1.